The lowest BCUT2D eigenvalue weighted by atomic mass is 9.99. The number of hydrogen-bond acceptors (Lipinski definition) is 4. The third-order valence-corrected chi connectivity index (χ3v) is 5.34. The fourth-order valence-electron chi connectivity index (χ4n) is 3.50. The number of benzene rings is 1. The van der Waals surface area contributed by atoms with Crippen LogP contribution in [0.2, 0.25) is 0 Å². The maximum Gasteiger partial charge on any atom is 0.131 e. The van der Waals surface area contributed by atoms with E-state index in [1.54, 1.807) is 0 Å². The Hall–Kier alpha value is -2.86. The van der Waals surface area contributed by atoms with E-state index >= 15 is 0 Å². The van der Waals surface area contributed by atoms with Crippen LogP contribution in [0.25, 0.3) is 22.0 Å². The van der Waals surface area contributed by atoms with E-state index in [9.17, 15) is 9.50 Å². The van der Waals surface area contributed by atoms with Gasteiger partial charge in [-0.2, -0.15) is 0 Å². The van der Waals surface area contributed by atoms with Crippen LogP contribution in [0.1, 0.15) is 5.69 Å². The van der Waals surface area contributed by atoms with Crippen molar-refractivity contribution in [2.24, 2.45) is 13.0 Å². The third kappa shape index (κ3) is 3.40. The Labute approximate surface area is 157 Å². The van der Waals surface area contributed by atoms with Gasteiger partial charge in [0.15, 0.2) is 0 Å². The molecule has 0 saturated carbocycles. The molecule has 3 aromatic rings. The van der Waals surface area contributed by atoms with Crippen molar-refractivity contribution in [1.29, 1.82) is 0 Å². The molecule has 2 aromatic heterocycles. The fraction of sp³-hybridized carbons (Fsp3) is 0.286. The summed E-state index contributed by atoms with van der Waals surface area (Å²) in [6.45, 7) is 3.33. The number of fused-ring (bicyclic) bond motifs is 1. The van der Waals surface area contributed by atoms with Crippen molar-refractivity contribution in [3.8, 4) is 11.3 Å². The number of halogens is 1. The number of aryl methyl sites for hydroxylation is 1. The average molecular weight is 366 g/mol. The fourth-order valence-corrected chi connectivity index (χ4v) is 3.50. The molecule has 27 heavy (non-hydrogen) atoms. The first-order chi connectivity index (χ1) is 13.0. The maximum atomic E-state index is 12.2. The van der Waals surface area contributed by atoms with E-state index in [2.05, 4.69) is 59.2 Å². The quantitative estimate of drug-likeness (QED) is 0.677. The second-order valence-electron chi connectivity index (χ2n) is 7.13. The summed E-state index contributed by atoms with van der Waals surface area (Å²) in [4.78, 5) is 6.22. The molecule has 3 heterocycles. The average Bonchev–Trinajstić information content (AvgIpc) is 2.96. The Bertz CT molecular complexity index is 991. The molecule has 1 aliphatic heterocycles. The summed E-state index contributed by atoms with van der Waals surface area (Å²) in [7, 11) is 2.06. The van der Waals surface area contributed by atoms with Crippen molar-refractivity contribution in [3.05, 3.63) is 60.8 Å². The summed E-state index contributed by atoms with van der Waals surface area (Å²) in [5, 5.41) is 15.5. The van der Waals surface area contributed by atoms with Crippen molar-refractivity contribution >= 4 is 16.6 Å². The van der Waals surface area contributed by atoms with Gasteiger partial charge in [-0.25, -0.2) is 9.37 Å². The Morgan fingerprint density at radius 3 is 2.74 bits per heavy atom. The Morgan fingerprint density at radius 2 is 2.04 bits per heavy atom. The van der Waals surface area contributed by atoms with Gasteiger partial charge < -0.3 is 19.9 Å². The highest BCUT2D eigenvalue weighted by Crippen LogP contribution is 2.27. The first-order valence-electron chi connectivity index (χ1n) is 9.03. The maximum absolute atomic E-state index is 12.2. The lowest BCUT2D eigenvalue weighted by molar-refractivity contribution is 0.0370. The standard InChI is InChI=1S/C21H23FN4O/c1-14-3-6-19(25(14)2)15-4-5-16-11-23-20(10-17(16)9-15)24-21(27)18-12-26(13-18)8-7-22/h3-11,18,21,27H,12-13H2,1-2H3,(H,23,24)/b8-7+. The molecule has 1 fully saturated rings. The van der Waals surface area contributed by atoms with Crippen LogP contribution >= 0.6 is 0 Å². The van der Waals surface area contributed by atoms with Gasteiger partial charge in [-0.05, 0) is 42.1 Å². The number of hydrogen-bond donors (Lipinski definition) is 2. The molecule has 0 amide bonds. The van der Waals surface area contributed by atoms with Gasteiger partial charge in [-0.15, -0.1) is 0 Å². The number of nitrogens with one attached hydrogen (secondary N) is 1. The Morgan fingerprint density at radius 1 is 1.22 bits per heavy atom. The summed E-state index contributed by atoms with van der Waals surface area (Å²) in [5.74, 6) is 0.686. The Kier molecular flexibility index (Phi) is 4.58. The second-order valence-corrected chi connectivity index (χ2v) is 7.13. The molecule has 0 spiro atoms. The van der Waals surface area contributed by atoms with Crippen molar-refractivity contribution in [1.82, 2.24) is 14.5 Å². The van der Waals surface area contributed by atoms with Gasteiger partial charge in [0.1, 0.15) is 18.4 Å². The van der Waals surface area contributed by atoms with Gasteiger partial charge >= 0.3 is 0 Å². The zero-order valence-electron chi connectivity index (χ0n) is 15.4. The summed E-state index contributed by atoms with van der Waals surface area (Å²) >= 11 is 0. The smallest absolute Gasteiger partial charge is 0.131 e. The van der Waals surface area contributed by atoms with Gasteiger partial charge in [0.2, 0.25) is 0 Å². The monoisotopic (exact) mass is 366 g/mol. The predicted octanol–water partition coefficient (Wildman–Crippen LogP) is 3.65. The minimum Gasteiger partial charge on any atom is -0.374 e. The molecular weight excluding hydrogens is 343 g/mol. The molecule has 0 aliphatic carbocycles. The summed E-state index contributed by atoms with van der Waals surface area (Å²) in [6.07, 6.45) is 3.01. The minimum atomic E-state index is -0.710. The topological polar surface area (TPSA) is 53.3 Å². The summed E-state index contributed by atoms with van der Waals surface area (Å²) in [5.41, 5.74) is 3.52. The van der Waals surface area contributed by atoms with E-state index < -0.39 is 6.23 Å². The minimum absolute atomic E-state index is 0.0522. The van der Waals surface area contributed by atoms with Gasteiger partial charge in [0.05, 0.1) is 0 Å². The molecule has 1 unspecified atom stereocenters. The van der Waals surface area contributed by atoms with Crippen molar-refractivity contribution in [2.45, 2.75) is 13.2 Å². The Balaban J connectivity index is 1.54. The number of aliphatic hydroxyl groups is 1. The van der Waals surface area contributed by atoms with Gasteiger partial charge in [0.25, 0.3) is 0 Å². The largest absolute Gasteiger partial charge is 0.374 e. The van der Waals surface area contributed by atoms with Crippen LogP contribution in [0.3, 0.4) is 0 Å². The first-order valence-corrected chi connectivity index (χ1v) is 9.03. The van der Waals surface area contributed by atoms with Crippen molar-refractivity contribution in [2.75, 3.05) is 18.4 Å². The molecule has 1 saturated heterocycles. The number of nitrogens with zero attached hydrogens (tertiary/aromatic N) is 3. The number of pyridine rings is 1. The zero-order chi connectivity index (χ0) is 19.0. The lowest BCUT2D eigenvalue weighted by Crippen LogP contribution is -2.51. The molecule has 5 nitrogen and oxygen atoms in total. The highest BCUT2D eigenvalue weighted by Gasteiger charge is 2.31. The molecule has 140 valence electrons. The highest BCUT2D eigenvalue weighted by molar-refractivity contribution is 5.88. The molecule has 4 rings (SSSR count). The highest BCUT2D eigenvalue weighted by atomic mass is 19.1. The summed E-state index contributed by atoms with van der Waals surface area (Å²) < 4.78 is 14.3. The predicted molar refractivity (Wildman–Crippen MR) is 106 cm³/mol. The van der Waals surface area contributed by atoms with E-state index in [0.717, 1.165) is 22.0 Å². The SMILES string of the molecule is Cc1ccc(-c2ccc3cnc(NC(O)C4CN(/C=C/F)C4)cc3c2)n1C. The van der Waals surface area contributed by atoms with Crippen LogP contribution in [-0.2, 0) is 7.05 Å². The summed E-state index contributed by atoms with van der Waals surface area (Å²) in [6, 6.07) is 12.5. The number of anilines is 1. The van der Waals surface area contributed by atoms with E-state index in [0.29, 0.717) is 25.2 Å². The zero-order valence-corrected chi connectivity index (χ0v) is 15.4. The second kappa shape index (κ2) is 7.04. The van der Waals surface area contributed by atoms with E-state index in [1.807, 2.05) is 17.2 Å². The number of likely N-dealkylation sites (tertiary alicyclic amines) is 1. The molecule has 6 heteroatoms. The third-order valence-electron chi connectivity index (χ3n) is 5.34. The van der Waals surface area contributed by atoms with Crippen LogP contribution in [0, 0.1) is 12.8 Å². The van der Waals surface area contributed by atoms with E-state index in [4.69, 9.17) is 0 Å². The van der Waals surface area contributed by atoms with E-state index in [-0.39, 0.29) is 5.92 Å². The normalized spacial score (nSPS) is 16.1. The molecule has 1 aromatic carbocycles. The molecule has 1 atom stereocenters. The van der Waals surface area contributed by atoms with Crippen molar-refractivity contribution < 1.29 is 9.50 Å². The lowest BCUT2D eigenvalue weighted by Gasteiger charge is -2.40. The number of aromatic nitrogens is 2. The number of rotatable bonds is 5. The molecule has 0 radical (unpaired) electrons. The van der Waals surface area contributed by atoms with Crippen LogP contribution in [0.15, 0.2) is 55.1 Å². The van der Waals surface area contributed by atoms with E-state index in [1.165, 1.54) is 11.9 Å². The molecular formula is C21H23FN4O. The van der Waals surface area contributed by atoms with Crippen molar-refractivity contribution in [3.63, 3.8) is 0 Å². The van der Waals surface area contributed by atoms with Gasteiger partial charge in [-0.1, -0.05) is 12.1 Å². The first kappa shape index (κ1) is 17.5. The number of aliphatic hydroxyl groups excluding tert-OH is 1. The van der Waals surface area contributed by atoms with Gasteiger partial charge in [0, 0.05) is 55.2 Å². The van der Waals surface area contributed by atoms with Gasteiger partial charge in [-0.3, -0.25) is 0 Å². The van der Waals surface area contributed by atoms with Crippen LogP contribution in [-0.4, -0.2) is 38.9 Å². The van der Waals surface area contributed by atoms with Crippen LogP contribution < -0.4 is 5.32 Å². The molecule has 2 N–H and O–H groups in total. The molecule has 1 aliphatic rings. The van der Waals surface area contributed by atoms with Crippen LogP contribution in [0.5, 0.6) is 0 Å². The van der Waals surface area contributed by atoms with Crippen LogP contribution in [0.4, 0.5) is 10.2 Å². The molecule has 0 bridgehead atoms.